The molecule has 2 rings (SSSR count). The normalized spacial score (nSPS) is 25.2. The summed E-state index contributed by atoms with van der Waals surface area (Å²) >= 11 is 1.31. The Labute approximate surface area is 106 Å². The Hall–Kier alpha value is -1.10. The van der Waals surface area contributed by atoms with Gasteiger partial charge in [0.25, 0.3) is 5.91 Å². The van der Waals surface area contributed by atoms with Crippen LogP contribution in [0.25, 0.3) is 0 Å². The lowest BCUT2D eigenvalue weighted by Crippen LogP contribution is -2.34. The number of carbonyl (C=O) groups is 1. The summed E-state index contributed by atoms with van der Waals surface area (Å²) in [7, 11) is 0. The van der Waals surface area contributed by atoms with Crippen molar-refractivity contribution in [2.24, 2.45) is 5.92 Å². The van der Waals surface area contributed by atoms with Gasteiger partial charge in [0.2, 0.25) is 0 Å². The van der Waals surface area contributed by atoms with Crippen molar-refractivity contribution in [3.05, 3.63) is 11.1 Å². The monoisotopic (exact) mass is 253 g/mol. The van der Waals surface area contributed by atoms with Crippen molar-refractivity contribution in [1.82, 2.24) is 10.3 Å². The molecule has 0 aliphatic heterocycles. The summed E-state index contributed by atoms with van der Waals surface area (Å²) < 4.78 is 0. The van der Waals surface area contributed by atoms with Crippen molar-refractivity contribution in [3.63, 3.8) is 0 Å². The molecule has 0 spiro atoms. The van der Waals surface area contributed by atoms with Crippen LogP contribution in [-0.4, -0.2) is 16.9 Å². The van der Waals surface area contributed by atoms with Crippen molar-refractivity contribution in [3.8, 4) is 0 Å². The summed E-state index contributed by atoms with van der Waals surface area (Å²) in [5, 5.41) is 5.22. The smallest absolute Gasteiger partial charge is 0.271 e. The molecule has 94 valence electrons. The second kappa shape index (κ2) is 5.49. The largest absolute Gasteiger partial charge is 0.375 e. The summed E-state index contributed by atoms with van der Waals surface area (Å²) in [4.78, 5) is 15.9. The van der Waals surface area contributed by atoms with Crippen molar-refractivity contribution in [1.29, 1.82) is 0 Å². The molecule has 1 aliphatic rings. The highest BCUT2D eigenvalue weighted by Crippen LogP contribution is 2.23. The van der Waals surface area contributed by atoms with Crippen molar-refractivity contribution in [2.75, 3.05) is 5.73 Å². The molecule has 1 amide bonds. The molecule has 17 heavy (non-hydrogen) atoms. The molecule has 3 N–H and O–H groups in total. The summed E-state index contributed by atoms with van der Waals surface area (Å²) in [5.74, 6) is 0.698. The number of aromatic nitrogens is 1. The van der Waals surface area contributed by atoms with Gasteiger partial charge in [-0.05, 0) is 25.2 Å². The fourth-order valence-corrected chi connectivity index (χ4v) is 2.83. The Balaban J connectivity index is 1.90. The fourth-order valence-electron chi connectivity index (χ4n) is 2.28. The number of hydrogen-bond donors (Lipinski definition) is 2. The molecular weight excluding hydrogens is 234 g/mol. The lowest BCUT2D eigenvalue weighted by molar-refractivity contribution is 0.0929. The summed E-state index contributed by atoms with van der Waals surface area (Å²) in [6.07, 6.45) is 5.83. The van der Waals surface area contributed by atoms with E-state index >= 15 is 0 Å². The lowest BCUT2D eigenvalue weighted by Gasteiger charge is -2.15. The zero-order valence-corrected chi connectivity index (χ0v) is 10.9. The Bertz CT molecular complexity index is 391. The number of amides is 1. The molecule has 1 heterocycles. The van der Waals surface area contributed by atoms with Crippen LogP contribution in [0.4, 0.5) is 5.13 Å². The van der Waals surface area contributed by atoms with E-state index in [9.17, 15) is 4.79 Å². The van der Waals surface area contributed by atoms with Crippen LogP contribution in [0, 0.1) is 5.92 Å². The lowest BCUT2D eigenvalue weighted by atomic mass is 10.0. The number of nitrogens with zero attached hydrogens (tertiary/aromatic N) is 1. The van der Waals surface area contributed by atoms with E-state index in [0.29, 0.717) is 16.9 Å². The van der Waals surface area contributed by atoms with E-state index in [4.69, 9.17) is 5.73 Å². The molecule has 1 aliphatic carbocycles. The van der Waals surface area contributed by atoms with Crippen LogP contribution < -0.4 is 11.1 Å². The Morgan fingerprint density at radius 1 is 1.47 bits per heavy atom. The van der Waals surface area contributed by atoms with E-state index in [0.717, 1.165) is 18.8 Å². The zero-order chi connectivity index (χ0) is 12.3. The van der Waals surface area contributed by atoms with Gasteiger partial charge in [0, 0.05) is 11.4 Å². The summed E-state index contributed by atoms with van der Waals surface area (Å²) in [6.45, 7) is 2.28. The minimum Gasteiger partial charge on any atom is -0.375 e. The summed E-state index contributed by atoms with van der Waals surface area (Å²) in [6, 6.07) is 0.301. The number of nitrogens with two attached hydrogens (primary N) is 1. The van der Waals surface area contributed by atoms with Gasteiger partial charge >= 0.3 is 0 Å². The quantitative estimate of drug-likeness (QED) is 0.795. The molecule has 4 nitrogen and oxygen atoms in total. The van der Waals surface area contributed by atoms with E-state index in [-0.39, 0.29) is 5.91 Å². The number of nitrogen functional groups attached to an aromatic ring is 1. The minimum atomic E-state index is -0.0856. The van der Waals surface area contributed by atoms with Gasteiger partial charge < -0.3 is 11.1 Å². The molecule has 1 aromatic rings. The van der Waals surface area contributed by atoms with Gasteiger partial charge in [-0.25, -0.2) is 4.98 Å². The van der Waals surface area contributed by atoms with Crippen LogP contribution in [-0.2, 0) is 0 Å². The molecule has 2 unspecified atom stereocenters. The van der Waals surface area contributed by atoms with Gasteiger partial charge in [-0.2, -0.15) is 0 Å². The van der Waals surface area contributed by atoms with E-state index in [1.54, 1.807) is 5.38 Å². The standard InChI is InChI=1S/C12H19N3OS/c1-8-3-2-4-9(6-5-8)14-11(16)10-7-17-12(13)15-10/h7-9H,2-6H2,1H3,(H2,13,15)(H,14,16). The van der Waals surface area contributed by atoms with Gasteiger partial charge in [0.15, 0.2) is 5.13 Å². The molecule has 1 fully saturated rings. The van der Waals surface area contributed by atoms with Gasteiger partial charge in [-0.3, -0.25) is 4.79 Å². The SMILES string of the molecule is CC1CCCC(NC(=O)c2csc(N)n2)CC1. The van der Waals surface area contributed by atoms with Gasteiger partial charge in [0.05, 0.1) is 0 Å². The molecule has 5 heteroatoms. The maximum absolute atomic E-state index is 11.9. The highest BCUT2D eigenvalue weighted by molar-refractivity contribution is 7.13. The molecule has 0 bridgehead atoms. The molecule has 1 saturated carbocycles. The number of thiazole rings is 1. The molecule has 0 aromatic carbocycles. The fraction of sp³-hybridized carbons (Fsp3) is 0.667. The van der Waals surface area contributed by atoms with E-state index < -0.39 is 0 Å². The summed E-state index contributed by atoms with van der Waals surface area (Å²) in [5.41, 5.74) is 5.97. The second-order valence-electron chi connectivity index (χ2n) is 4.85. The van der Waals surface area contributed by atoms with Crippen molar-refractivity contribution >= 4 is 22.4 Å². The van der Waals surface area contributed by atoms with Crippen LogP contribution in [0.2, 0.25) is 0 Å². The van der Waals surface area contributed by atoms with Crippen LogP contribution in [0.15, 0.2) is 5.38 Å². The van der Waals surface area contributed by atoms with Gasteiger partial charge in [-0.1, -0.05) is 19.8 Å². The third-order valence-corrected chi connectivity index (χ3v) is 4.02. The number of nitrogens with one attached hydrogen (secondary N) is 1. The zero-order valence-electron chi connectivity index (χ0n) is 10.1. The third-order valence-electron chi connectivity index (χ3n) is 3.35. The van der Waals surface area contributed by atoms with Crippen molar-refractivity contribution < 1.29 is 4.79 Å². The first-order chi connectivity index (χ1) is 8.15. The Kier molecular flexibility index (Phi) is 3.99. The highest BCUT2D eigenvalue weighted by Gasteiger charge is 2.19. The van der Waals surface area contributed by atoms with Crippen LogP contribution in [0.3, 0.4) is 0 Å². The average Bonchev–Trinajstić information content (AvgIpc) is 2.62. The molecular formula is C12H19N3OS. The first-order valence-corrected chi connectivity index (χ1v) is 7.05. The van der Waals surface area contributed by atoms with Crippen LogP contribution >= 0.6 is 11.3 Å². The number of anilines is 1. The predicted octanol–water partition coefficient (Wildman–Crippen LogP) is 2.42. The Morgan fingerprint density at radius 3 is 3.00 bits per heavy atom. The van der Waals surface area contributed by atoms with Gasteiger partial charge in [0.1, 0.15) is 5.69 Å². The average molecular weight is 253 g/mol. The predicted molar refractivity (Wildman–Crippen MR) is 70.0 cm³/mol. The molecule has 0 radical (unpaired) electrons. The van der Waals surface area contributed by atoms with E-state index in [2.05, 4.69) is 17.2 Å². The van der Waals surface area contributed by atoms with Crippen LogP contribution in [0.1, 0.15) is 49.5 Å². The highest BCUT2D eigenvalue weighted by atomic mass is 32.1. The number of carbonyl (C=O) groups excluding carboxylic acids is 1. The number of rotatable bonds is 2. The minimum absolute atomic E-state index is 0.0856. The second-order valence-corrected chi connectivity index (χ2v) is 5.74. The first kappa shape index (κ1) is 12.4. The maximum atomic E-state index is 11.9. The topological polar surface area (TPSA) is 68.0 Å². The molecule has 1 aromatic heterocycles. The first-order valence-electron chi connectivity index (χ1n) is 6.17. The van der Waals surface area contributed by atoms with Crippen molar-refractivity contribution in [2.45, 2.75) is 45.1 Å². The van der Waals surface area contributed by atoms with Crippen LogP contribution in [0.5, 0.6) is 0 Å². The molecule has 2 atom stereocenters. The van der Waals surface area contributed by atoms with Gasteiger partial charge in [-0.15, -0.1) is 11.3 Å². The van der Waals surface area contributed by atoms with E-state index in [1.165, 1.54) is 30.6 Å². The van der Waals surface area contributed by atoms with E-state index in [1.807, 2.05) is 0 Å². The third kappa shape index (κ3) is 3.43. The molecule has 0 saturated heterocycles. The number of hydrogen-bond acceptors (Lipinski definition) is 4. The maximum Gasteiger partial charge on any atom is 0.271 e. The Morgan fingerprint density at radius 2 is 2.29 bits per heavy atom.